The van der Waals surface area contributed by atoms with E-state index in [1.807, 2.05) is 0 Å². The van der Waals surface area contributed by atoms with Crippen molar-refractivity contribution in [3.05, 3.63) is 0 Å². The van der Waals surface area contributed by atoms with Crippen LogP contribution < -0.4 is 0 Å². The molecule has 0 amide bonds. The Hall–Kier alpha value is -0.0400. The SMILES string of the molecule is CCCCCC1C[C@H](C)CC2OCC(C)C12. The maximum Gasteiger partial charge on any atom is 0.0612 e. The zero-order valence-electron chi connectivity index (χ0n) is 11.2. The molecule has 1 aliphatic carbocycles. The minimum atomic E-state index is 0.602. The van der Waals surface area contributed by atoms with Gasteiger partial charge < -0.3 is 4.74 Å². The van der Waals surface area contributed by atoms with Crippen LogP contribution in [0.5, 0.6) is 0 Å². The summed E-state index contributed by atoms with van der Waals surface area (Å²) in [6.07, 6.45) is 9.03. The second-order valence-electron chi connectivity index (χ2n) is 6.26. The Labute approximate surface area is 101 Å². The molecule has 0 spiro atoms. The molecule has 16 heavy (non-hydrogen) atoms. The number of hydrogen-bond acceptors (Lipinski definition) is 1. The number of unbranched alkanes of at least 4 members (excludes halogenated alkanes) is 2. The molecule has 2 aliphatic rings. The second-order valence-corrected chi connectivity index (χ2v) is 6.26. The molecule has 0 N–H and O–H groups in total. The van der Waals surface area contributed by atoms with Crippen molar-refractivity contribution < 1.29 is 4.74 Å². The Bertz CT molecular complexity index is 213. The van der Waals surface area contributed by atoms with Crippen LogP contribution in [-0.2, 0) is 4.74 Å². The Kier molecular flexibility index (Phi) is 4.29. The standard InChI is InChI=1S/C15H28O/c1-4-5-6-7-13-8-11(2)9-14-15(13)12(3)10-16-14/h11-15H,4-10H2,1-3H3/t11-,12?,13?,14?,15?/m0/s1. The lowest BCUT2D eigenvalue weighted by Crippen LogP contribution is -2.35. The van der Waals surface area contributed by atoms with Crippen LogP contribution >= 0.6 is 0 Å². The molecule has 0 aromatic heterocycles. The molecule has 0 radical (unpaired) electrons. The van der Waals surface area contributed by atoms with E-state index in [1.165, 1.54) is 38.5 Å². The highest BCUT2D eigenvalue weighted by molar-refractivity contribution is 4.92. The normalized spacial score (nSPS) is 43.3. The van der Waals surface area contributed by atoms with Crippen molar-refractivity contribution in [3.63, 3.8) is 0 Å². The zero-order valence-corrected chi connectivity index (χ0v) is 11.2. The van der Waals surface area contributed by atoms with Gasteiger partial charge in [0.15, 0.2) is 0 Å². The van der Waals surface area contributed by atoms with E-state index in [2.05, 4.69) is 20.8 Å². The summed E-state index contributed by atoms with van der Waals surface area (Å²) in [6, 6.07) is 0. The molecule has 4 unspecified atom stereocenters. The summed E-state index contributed by atoms with van der Waals surface area (Å²) < 4.78 is 5.98. The molecule has 2 rings (SSSR count). The topological polar surface area (TPSA) is 9.23 Å². The first-order valence-corrected chi connectivity index (χ1v) is 7.34. The van der Waals surface area contributed by atoms with E-state index < -0.39 is 0 Å². The van der Waals surface area contributed by atoms with Gasteiger partial charge in [-0.1, -0.05) is 46.5 Å². The fourth-order valence-electron chi connectivity index (χ4n) is 3.99. The molecule has 1 heteroatoms. The fourth-order valence-corrected chi connectivity index (χ4v) is 3.99. The number of ether oxygens (including phenoxy) is 1. The summed E-state index contributed by atoms with van der Waals surface area (Å²) in [6.45, 7) is 8.13. The summed E-state index contributed by atoms with van der Waals surface area (Å²) in [7, 11) is 0. The van der Waals surface area contributed by atoms with Crippen LogP contribution in [0.15, 0.2) is 0 Å². The monoisotopic (exact) mass is 224 g/mol. The molecule has 5 atom stereocenters. The molecular formula is C15H28O. The average Bonchev–Trinajstić information content (AvgIpc) is 2.60. The fraction of sp³-hybridized carbons (Fsp3) is 1.00. The molecular weight excluding hydrogens is 196 g/mol. The molecule has 1 aliphatic heterocycles. The van der Waals surface area contributed by atoms with Gasteiger partial charge >= 0.3 is 0 Å². The molecule has 0 bridgehead atoms. The van der Waals surface area contributed by atoms with E-state index in [-0.39, 0.29) is 0 Å². The van der Waals surface area contributed by atoms with Crippen molar-refractivity contribution in [1.29, 1.82) is 0 Å². The third-order valence-corrected chi connectivity index (χ3v) is 4.72. The summed E-state index contributed by atoms with van der Waals surface area (Å²) in [5, 5.41) is 0. The molecule has 1 nitrogen and oxygen atoms in total. The predicted molar refractivity (Wildman–Crippen MR) is 68.4 cm³/mol. The highest BCUT2D eigenvalue weighted by Gasteiger charge is 2.43. The molecule has 0 aromatic rings. The van der Waals surface area contributed by atoms with Crippen LogP contribution in [-0.4, -0.2) is 12.7 Å². The quantitative estimate of drug-likeness (QED) is 0.648. The summed E-state index contributed by atoms with van der Waals surface area (Å²) >= 11 is 0. The summed E-state index contributed by atoms with van der Waals surface area (Å²) in [5.74, 6) is 3.54. The van der Waals surface area contributed by atoms with E-state index in [4.69, 9.17) is 4.74 Å². The molecule has 0 aromatic carbocycles. The Balaban J connectivity index is 1.92. The molecule has 1 heterocycles. The summed E-state index contributed by atoms with van der Waals surface area (Å²) in [5.41, 5.74) is 0. The number of rotatable bonds is 4. The number of fused-ring (bicyclic) bond motifs is 1. The molecule has 1 saturated heterocycles. The van der Waals surface area contributed by atoms with Crippen LogP contribution in [0, 0.1) is 23.7 Å². The lowest BCUT2D eigenvalue weighted by Gasteiger charge is -2.38. The lowest BCUT2D eigenvalue weighted by molar-refractivity contribution is 0.0200. The van der Waals surface area contributed by atoms with Gasteiger partial charge in [0.05, 0.1) is 6.10 Å². The van der Waals surface area contributed by atoms with Crippen molar-refractivity contribution in [1.82, 2.24) is 0 Å². The first kappa shape index (κ1) is 12.4. The van der Waals surface area contributed by atoms with Crippen molar-refractivity contribution in [3.8, 4) is 0 Å². The first-order valence-electron chi connectivity index (χ1n) is 7.34. The van der Waals surface area contributed by atoms with Crippen LogP contribution in [0.3, 0.4) is 0 Å². The second kappa shape index (κ2) is 5.53. The van der Waals surface area contributed by atoms with E-state index in [9.17, 15) is 0 Å². The maximum absolute atomic E-state index is 5.98. The Morgan fingerprint density at radius 2 is 1.94 bits per heavy atom. The van der Waals surface area contributed by atoms with Gasteiger partial charge in [0.25, 0.3) is 0 Å². The maximum atomic E-state index is 5.98. The van der Waals surface area contributed by atoms with Gasteiger partial charge in [0.2, 0.25) is 0 Å². The smallest absolute Gasteiger partial charge is 0.0612 e. The van der Waals surface area contributed by atoms with Gasteiger partial charge in [-0.2, -0.15) is 0 Å². The average molecular weight is 224 g/mol. The number of hydrogen-bond donors (Lipinski definition) is 0. The van der Waals surface area contributed by atoms with Crippen LogP contribution in [0.4, 0.5) is 0 Å². The predicted octanol–water partition coefficient (Wildman–Crippen LogP) is 4.26. The van der Waals surface area contributed by atoms with E-state index in [0.29, 0.717) is 6.10 Å². The van der Waals surface area contributed by atoms with Gasteiger partial charge in [-0.3, -0.25) is 0 Å². The van der Waals surface area contributed by atoms with Crippen molar-refractivity contribution in [2.75, 3.05) is 6.61 Å². The third-order valence-electron chi connectivity index (χ3n) is 4.72. The Morgan fingerprint density at radius 1 is 1.12 bits per heavy atom. The molecule has 1 saturated carbocycles. The zero-order chi connectivity index (χ0) is 11.5. The van der Waals surface area contributed by atoms with E-state index in [0.717, 1.165) is 30.3 Å². The minimum Gasteiger partial charge on any atom is -0.378 e. The Morgan fingerprint density at radius 3 is 2.69 bits per heavy atom. The highest BCUT2D eigenvalue weighted by atomic mass is 16.5. The minimum absolute atomic E-state index is 0.602. The molecule has 2 fully saturated rings. The summed E-state index contributed by atoms with van der Waals surface area (Å²) in [4.78, 5) is 0. The van der Waals surface area contributed by atoms with Crippen LogP contribution in [0.2, 0.25) is 0 Å². The highest BCUT2D eigenvalue weighted by Crippen LogP contribution is 2.45. The van der Waals surface area contributed by atoms with Gasteiger partial charge in [-0.25, -0.2) is 0 Å². The van der Waals surface area contributed by atoms with Crippen molar-refractivity contribution in [2.45, 2.75) is 65.4 Å². The first-order chi connectivity index (χ1) is 7.72. The largest absolute Gasteiger partial charge is 0.378 e. The third kappa shape index (κ3) is 2.61. The lowest BCUT2D eigenvalue weighted by atomic mass is 9.68. The van der Waals surface area contributed by atoms with Crippen LogP contribution in [0.1, 0.15) is 59.3 Å². The van der Waals surface area contributed by atoms with Crippen LogP contribution in [0.25, 0.3) is 0 Å². The van der Waals surface area contributed by atoms with Crippen molar-refractivity contribution >= 4 is 0 Å². The van der Waals surface area contributed by atoms with E-state index in [1.54, 1.807) is 0 Å². The van der Waals surface area contributed by atoms with E-state index >= 15 is 0 Å². The van der Waals surface area contributed by atoms with Gasteiger partial charge in [0, 0.05) is 6.61 Å². The van der Waals surface area contributed by atoms with Crippen molar-refractivity contribution in [2.24, 2.45) is 23.7 Å². The van der Waals surface area contributed by atoms with Gasteiger partial charge in [0.1, 0.15) is 0 Å². The van der Waals surface area contributed by atoms with Gasteiger partial charge in [-0.15, -0.1) is 0 Å². The van der Waals surface area contributed by atoms with Gasteiger partial charge in [-0.05, 0) is 36.5 Å². The molecule has 94 valence electrons.